The zero-order valence-corrected chi connectivity index (χ0v) is 19.0. The van der Waals surface area contributed by atoms with Crippen LogP contribution in [0.5, 0.6) is 11.5 Å². The quantitative estimate of drug-likeness (QED) is 0.270. The minimum atomic E-state index is -0.607. The summed E-state index contributed by atoms with van der Waals surface area (Å²) in [6.07, 6.45) is 0. The van der Waals surface area contributed by atoms with Crippen LogP contribution in [0, 0.1) is 0 Å². The van der Waals surface area contributed by atoms with Crippen molar-refractivity contribution in [3.8, 4) is 11.5 Å². The second kappa shape index (κ2) is 9.39. The fraction of sp³-hybridized carbons (Fsp3) is 0.292. The lowest BCUT2D eigenvalue weighted by molar-refractivity contribution is 0.00731. The Kier molecular flexibility index (Phi) is 6.87. The minimum absolute atomic E-state index is 0.330. The number of esters is 1. The Bertz CT molecular complexity index is 1030. The average Bonchev–Trinajstić information content (AvgIpc) is 2.69. The summed E-state index contributed by atoms with van der Waals surface area (Å²) in [6.45, 7) is 6.48. The standard InChI is InChI=1S/C24H26BrNO4/c1-24(2,3)30-23(27)22-19-7-5-4-6-18(19)21(14-20(22)26)29-15-16-8-10-17(11-9-16)28-13-12-25/h4-11,14H,12-13,15,26H2,1-3H3. The number of hydrogen-bond donors (Lipinski definition) is 1. The fourth-order valence-electron chi connectivity index (χ4n) is 3.04. The number of fused-ring (bicyclic) bond motifs is 1. The highest BCUT2D eigenvalue weighted by Crippen LogP contribution is 2.34. The topological polar surface area (TPSA) is 70.8 Å². The summed E-state index contributed by atoms with van der Waals surface area (Å²) in [5.41, 5.74) is 7.33. The van der Waals surface area contributed by atoms with Gasteiger partial charge in [0.25, 0.3) is 0 Å². The molecule has 3 aromatic carbocycles. The van der Waals surface area contributed by atoms with Gasteiger partial charge >= 0.3 is 5.97 Å². The van der Waals surface area contributed by atoms with Crippen LogP contribution < -0.4 is 15.2 Å². The molecule has 5 nitrogen and oxygen atoms in total. The van der Waals surface area contributed by atoms with Crippen LogP contribution in [0.1, 0.15) is 36.7 Å². The van der Waals surface area contributed by atoms with Crippen molar-refractivity contribution in [3.05, 3.63) is 65.7 Å². The molecule has 0 radical (unpaired) electrons. The van der Waals surface area contributed by atoms with Crippen LogP contribution in [-0.2, 0) is 11.3 Å². The first-order valence-electron chi connectivity index (χ1n) is 9.73. The Morgan fingerprint density at radius 1 is 1.00 bits per heavy atom. The first-order valence-corrected chi connectivity index (χ1v) is 10.9. The zero-order valence-electron chi connectivity index (χ0n) is 17.4. The number of nitrogens with two attached hydrogens (primary N) is 1. The molecule has 30 heavy (non-hydrogen) atoms. The van der Waals surface area contributed by atoms with E-state index in [4.69, 9.17) is 19.9 Å². The number of hydrogen-bond acceptors (Lipinski definition) is 5. The van der Waals surface area contributed by atoms with Crippen LogP contribution in [0.3, 0.4) is 0 Å². The maximum Gasteiger partial charge on any atom is 0.341 e. The first kappa shape index (κ1) is 22.0. The lowest BCUT2D eigenvalue weighted by atomic mass is 10.0. The van der Waals surface area contributed by atoms with Gasteiger partial charge in [-0.3, -0.25) is 0 Å². The Morgan fingerprint density at radius 2 is 1.67 bits per heavy atom. The lowest BCUT2D eigenvalue weighted by Gasteiger charge is -2.21. The van der Waals surface area contributed by atoms with E-state index in [2.05, 4.69) is 15.9 Å². The predicted octanol–water partition coefficient (Wildman–Crippen LogP) is 5.73. The summed E-state index contributed by atoms with van der Waals surface area (Å²) in [7, 11) is 0. The van der Waals surface area contributed by atoms with Gasteiger partial charge in [0.2, 0.25) is 0 Å². The van der Waals surface area contributed by atoms with Crippen molar-refractivity contribution < 1.29 is 19.0 Å². The van der Waals surface area contributed by atoms with Crippen LogP contribution in [0.15, 0.2) is 54.6 Å². The van der Waals surface area contributed by atoms with E-state index in [1.165, 1.54) is 0 Å². The van der Waals surface area contributed by atoms with Crippen molar-refractivity contribution in [3.63, 3.8) is 0 Å². The Hall–Kier alpha value is -2.73. The molecule has 0 amide bonds. The molecule has 158 valence electrons. The Labute approximate surface area is 185 Å². The second-order valence-electron chi connectivity index (χ2n) is 7.86. The second-order valence-corrected chi connectivity index (χ2v) is 8.65. The van der Waals surface area contributed by atoms with Crippen molar-refractivity contribution >= 4 is 38.4 Å². The smallest absolute Gasteiger partial charge is 0.341 e. The summed E-state index contributed by atoms with van der Waals surface area (Å²) in [4.78, 5) is 12.7. The molecule has 0 saturated carbocycles. The van der Waals surface area contributed by atoms with Crippen molar-refractivity contribution in [2.24, 2.45) is 0 Å². The molecule has 3 aromatic rings. The molecule has 0 bridgehead atoms. The SMILES string of the molecule is CC(C)(C)OC(=O)c1c(N)cc(OCc2ccc(OCCBr)cc2)c2ccccc12. The van der Waals surface area contributed by atoms with Crippen LogP contribution in [-0.4, -0.2) is 23.5 Å². The van der Waals surface area contributed by atoms with E-state index in [1.807, 2.05) is 69.3 Å². The Balaban J connectivity index is 1.85. The molecule has 6 heteroatoms. The van der Waals surface area contributed by atoms with E-state index >= 15 is 0 Å². The number of halogens is 1. The fourth-order valence-corrected chi connectivity index (χ4v) is 3.20. The monoisotopic (exact) mass is 471 g/mol. The molecule has 0 aliphatic rings. The van der Waals surface area contributed by atoms with Gasteiger partial charge in [-0.05, 0) is 38.5 Å². The number of ether oxygens (including phenoxy) is 3. The molecular weight excluding hydrogens is 446 g/mol. The maximum absolute atomic E-state index is 12.7. The van der Waals surface area contributed by atoms with Gasteiger partial charge in [0.15, 0.2) is 0 Å². The molecule has 3 rings (SSSR count). The molecule has 0 fully saturated rings. The lowest BCUT2D eigenvalue weighted by Crippen LogP contribution is -2.24. The molecule has 0 aromatic heterocycles. The highest BCUT2D eigenvalue weighted by atomic mass is 79.9. The number of benzene rings is 3. The van der Waals surface area contributed by atoms with Gasteiger partial charge in [0.1, 0.15) is 23.7 Å². The van der Waals surface area contributed by atoms with Crippen LogP contribution >= 0.6 is 15.9 Å². The summed E-state index contributed by atoms with van der Waals surface area (Å²) >= 11 is 3.34. The van der Waals surface area contributed by atoms with Gasteiger partial charge in [-0.15, -0.1) is 0 Å². The van der Waals surface area contributed by atoms with Crippen molar-refractivity contribution in [2.75, 3.05) is 17.7 Å². The number of alkyl halides is 1. The molecule has 0 unspecified atom stereocenters. The Morgan fingerprint density at radius 3 is 2.30 bits per heavy atom. The summed E-state index contributed by atoms with van der Waals surface area (Å²) < 4.78 is 17.2. The largest absolute Gasteiger partial charge is 0.493 e. The number of rotatable bonds is 7. The normalized spacial score (nSPS) is 11.3. The summed E-state index contributed by atoms with van der Waals surface area (Å²) in [5, 5.41) is 2.30. The van der Waals surface area contributed by atoms with Gasteiger partial charge in [0.05, 0.1) is 17.9 Å². The van der Waals surface area contributed by atoms with E-state index in [1.54, 1.807) is 6.07 Å². The van der Waals surface area contributed by atoms with Gasteiger partial charge < -0.3 is 19.9 Å². The molecule has 0 aliphatic heterocycles. The molecular formula is C24H26BrNO4. The van der Waals surface area contributed by atoms with Crippen LogP contribution in [0.25, 0.3) is 10.8 Å². The molecule has 0 spiro atoms. The third-order valence-corrected chi connectivity index (χ3v) is 4.63. The highest BCUT2D eigenvalue weighted by Gasteiger charge is 2.23. The van der Waals surface area contributed by atoms with E-state index in [-0.39, 0.29) is 0 Å². The molecule has 0 aliphatic carbocycles. The zero-order chi connectivity index (χ0) is 21.7. The van der Waals surface area contributed by atoms with Crippen molar-refractivity contribution in [1.82, 2.24) is 0 Å². The van der Waals surface area contributed by atoms with E-state index in [0.717, 1.165) is 22.0 Å². The van der Waals surface area contributed by atoms with Gasteiger partial charge in [0, 0.05) is 22.2 Å². The van der Waals surface area contributed by atoms with Gasteiger partial charge in [-0.2, -0.15) is 0 Å². The highest BCUT2D eigenvalue weighted by molar-refractivity contribution is 9.09. The van der Waals surface area contributed by atoms with E-state index in [9.17, 15) is 4.79 Å². The third kappa shape index (κ3) is 5.45. The maximum atomic E-state index is 12.7. The van der Waals surface area contributed by atoms with Crippen molar-refractivity contribution in [1.29, 1.82) is 0 Å². The molecule has 2 N–H and O–H groups in total. The predicted molar refractivity (Wildman–Crippen MR) is 124 cm³/mol. The van der Waals surface area contributed by atoms with Crippen LogP contribution in [0.4, 0.5) is 5.69 Å². The summed E-state index contributed by atoms with van der Waals surface area (Å²) in [6, 6.07) is 17.0. The van der Waals surface area contributed by atoms with E-state index in [0.29, 0.717) is 35.6 Å². The number of anilines is 1. The summed E-state index contributed by atoms with van der Waals surface area (Å²) in [5.74, 6) is 0.992. The molecule has 0 saturated heterocycles. The number of carbonyl (C=O) groups is 1. The number of carbonyl (C=O) groups excluding carboxylic acids is 1. The molecule has 0 atom stereocenters. The third-order valence-electron chi connectivity index (χ3n) is 4.30. The average molecular weight is 472 g/mol. The van der Waals surface area contributed by atoms with Gasteiger partial charge in [-0.25, -0.2) is 4.79 Å². The molecule has 0 heterocycles. The number of nitrogen functional groups attached to an aromatic ring is 1. The van der Waals surface area contributed by atoms with E-state index < -0.39 is 11.6 Å². The minimum Gasteiger partial charge on any atom is -0.493 e. The van der Waals surface area contributed by atoms with Crippen LogP contribution in [0.2, 0.25) is 0 Å². The first-order chi connectivity index (χ1) is 14.3. The van der Waals surface area contributed by atoms with Gasteiger partial charge in [-0.1, -0.05) is 52.3 Å². The van der Waals surface area contributed by atoms with Crippen molar-refractivity contribution in [2.45, 2.75) is 33.0 Å².